The highest BCUT2D eigenvalue weighted by molar-refractivity contribution is 5.90. The van der Waals surface area contributed by atoms with E-state index in [1.54, 1.807) is 13.0 Å². The second-order valence-electron chi connectivity index (χ2n) is 11.3. The summed E-state index contributed by atoms with van der Waals surface area (Å²) in [6, 6.07) is 18.3. The Hall–Kier alpha value is -4.21. The molecule has 2 aliphatic rings. The molecule has 4 aromatic rings. The lowest BCUT2D eigenvalue weighted by atomic mass is 9.94. The van der Waals surface area contributed by atoms with Crippen LogP contribution in [0.1, 0.15) is 52.4 Å². The van der Waals surface area contributed by atoms with Gasteiger partial charge >= 0.3 is 5.97 Å². The Labute approximate surface area is 252 Å². The van der Waals surface area contributed by atoms with Crippen molar-refractivity contribution in [2.24, 2.45) is 5.92 Å². The average molecular weight is 583 g/mol. The number of hydrogen-bond donors (Lipinski definition) is 1. The number of aryl methyl sites for hydroxylation is 1. The third-order valence-electron chi connectivity index (χ3n) is 8.28. The molecule has 1 saturated heterocycles. The van der Waals surface area contributed by atoms with E-state index in [1.165, 1.54) is 34.8 Å². The summed E-state index contributed by atoms with van der Waals surface area (Å²) in [7, 11) is 0. The van der Waals surface area contributed by atoms with Crippen molar-refractivity contribution in [1.82, 2.24) is 19.7 Å². The van der Waals surface area contributed by atoms with E-state index in [9.17, 15) is 9.90 Å². The maximum atomic E-state index is 11.7. The fraction of sp³-hybridized carbons (Fsp3) is 0.382. The number of ether oxygens (including phenoxy) is 3. The summed E-state index contributed by atoms with van der Waals surface area (Å²) in [5, 5.41) is 13.8. The monoisotopic (exact) mass is 582 g/mol. The highest BCUT2D eigenvalue weighted by Gasteiger charge is 2.23. The molecule has 0 spiro atoms. The average Bonchev–Trinajstić information content (AvgIpc) is 3.45. The molecule has 0 bridgehead atoms. The molecule has 224 valence electrons. The maximum Gasteiger partial charge on any atom is 0.342 e. The Balaban J connectivity index is 1.19. The van der Waals surface area contributed by atoms with Crippen LogP contribution in [0.4, 0.5) is 0 Å². The number of para-hydroxylation sites is 1. The lowest BCUT2D eigenvalue weighted by Gasteiger charge is -2.33. The molecule has 6 rings (SSSR count). The summed E-state index contributed by atoms with van der Waals surface area (Å²) in [5.41, 5.74) is 6.52. The first kappa shape index (κ1) is 28.9. The number of fused-ring (bicyclic) bond motifs is 1. The quantitative estimate of drug-likeness (QED) is 0.254. The van der Waals surface area contributed by atoms with Gasteiger partial charge in [0.15, 0.2) is 5.82 Å². The largest absolute Gasteiger partial charge is 0.488 e. The zero-order valence-electron chi connectivity index (χ0n) is 24.8. The zero-order chi connectivity index (χ0) is 29.8. The van der Waals surface area contributed by atoms with Crippen LogP contribution in [0.15, 0.2) is 60.8 Å². The number of carbonyl (C=O) groups is 1. The fourth-order valence-electron chi connectivity index (χ4n) is 6.02. The van der Waals surface area contributed by atoms with Crippen LogP contribution in [0.2, 0.25) is 0 Å². The summed E-state index contributed by atoms with van der Waals surface area (Å²) in [5.74, 6) is 1.02. The SMILES string of the molecule is CCOc1c(C(=O)O)cnn1-c1cccc(-c2cccc(C)c2OCc2ccc3c(c2)CCN(CC2CCOCC2)C3)n1. The fourth-order valence-corrected chi connectivity index (χ4v) is 6.02. The Morgan fingerprint density at radius 2 is 1.91 bits per heavy atom. The van der Waals surface area contributed by atoms with Crippen molar-refractivity contribution in [3.63, 3.8) is 0 Å². The lowest BCUT2D eigenvalue weighted by molar-refractivity contribution is 0.0506. The third kappa shape index (κ3) is 6.43. The third-order valence-corrected chi connectivity index (χ3v) is 8.28. The Morgan fingerprint density at radius 3 is 2.72 bits per heavy atom. The molecule has 2 aliphatic heterocycles. The van der Waals surface area contributed by atoms with Crippen molar-refractivity contribution in [2.75, 3.05) is 32.9 Å². The van der Waals surface area contributed by atoms with Crippen LogP contribution in [0.3, 0.4) is 0 Å². The van der Waals surface area contributed by atoms with Gasteiger partial charge in [-0.2, -0.15) is 9.78 Å². The van der Waals surface area contributed by atoms with Gasteiger partial charge in [-0.25, -0.2) is 9.78 Å². The van der Waals surface area contributed by atoms with E-state index in [4.69, 9.17) is 19.2 Å². The molecule has 9 heteroatoms. The number of pyridine rings is 1. The van der Waals surface area contributed by atoms with Crippen molar-refractivity contribution < 1.29 is 24.1 Å². The van der Waals surface area contributed by atoms with Gasteiger partial charge in [0, 0.05) is 38.4 Å². The second-order valence-corrected chi connectivity index (χ2v) is 11.3. The molecule has 2 aromatic carbocycles. The minimum atomic E-state index is -1.10. The zero-order valence-corrected chi connectivity index (χ0v) is 24.8. The normalized spacial score (nSPS) is 15.7. The van der Waals surface area contributed by atoms with Crippen molar-refractivity contribution >= 4 is 5.97 Å². The molecule has 0 saturated carbocycles. The molecule has 0 amide bonds. The van der Waals surface area contributed by atoms with Crippen LogP contribution in [0.5, 0.6) is 11.6 Å². The van der Waals surface area contributed by atoms with E-state index in [0.717, 1.165) is 67.6 Å². The molecule has 0 atom stereocenters. The molecule has 0 aliphatic carbocycles. The Kier molecular flexibility index (Phi) is 8.72. The van der Waals surface area contributed by atoms with E-state index in [0.29, 0.717) is 24.7 Å². The highest BCUT2D eigenvalue weighted by Crippen LogP contribution is 2.34. The topological polar surface area (TPSA) is 98.9 Å². The summed E-state index contributed by atoms with van der Waals surface area (Å²) in [6.07, 6.45) is 4.68. The van der Waals surface area contributed by atoms with Crippen molar-refractivity contribution in [2.45, 2.75) is 46.3 Å². The van der Waals surface area contributed by atoms with Gasteiger partial charge in [0.05, 0.1) is 18.5 Å². The highest BCUT2D eigenvalue weighted by atomic mass is 16.5. The van der Waals surface area contributed by atoms with Gasteiger partial charge in [0.25, 0.3) is 0 Å². The molecule has 0 unspecified atom stereocenters. The number of hydrogen-bond acceptors (Lipinski definition) is 7. The van der Waals surface area contributed by atoms with Crippen LogP contribution in [-0.2, 0) is 24.3 Å². The van der Waals surface area contributed by atoms with E-state index >= 15 is 0 Å². The maximum absolute atomic E-state index is 11.7. The van der Waals surface area contributed by atoms with Crippen LogP contribution in [0, 0.1) is 12.8 Å². The number of rotatable bonds is 10. The van der Waals surface area contributed by atoms with Gasteiger partial charge in [0.1, 0.15) is 17.9 Å². The predicted octanol–water partition coefficient (Wildman–Crippen LogP) is 5.70. The predicted molar refractivity (Wildman–Crippen MR) is 163 cm³/mol. The number of carboxylic acid groups (broad SMARTS) is 1. The molecule has 9 nitrogen and oxygen atoms in total. The van der Waals surface area contributed by atoms with Gasteiger partial charge in [-0.3, -0.25) is 4.90 Å². The molecule has 4 heterocycles. The number of carboxylic acids is 1. The lowest BCUT2D eigenvalue weighted by Crippen LogP contribution is -2.36. The van der Waals surface area contributed by atoms with Gasteiger partial charge in [-0.1, -0.05) is 36.4 Å². The number of benzene rings is 2. The van der Waals surface area contributed by atoms with Gasteiger partial charge in [-0.05, 0) is 79.5 Å². The smallest absolute Gasteiger partial charge is 0.342 e. The first-order valence-corrected chi connectivity index (χ1v) is 15.0. The van der Waals surface area contributed by atoms with Gasteiger partial charge in [-0.15, -0.1) is 0 Å². The van der Waals surface area contributed by atoms with Crippen molar-refractivity contribution in [1.29, 1.82) is 0 Å². The Bertz CT molecular complexity index is 1590. The molecule has 2 aromatic heterocycles. The summed E-state index contributed by atoms with van der Waals surface area (Å²) in [6.45, 7) is 9.64. The van der Waals surface area contributed by atoms with E-state index in [-0.39, 0.29) is 11.4 Å². The van der Waals surface area contributed by atoms with Crippen LogP contribution < -0.4 is 9.47 Å². The van der Waals surface area contributed by atoms with Crippen molar-refractivity contribution in [3.05, 3.63) is 88.6 Å². The number of aromatic carboxylic acids is 1. The molecule has 1 fully saturated rings. The first-order valence-electron chi connectivity index (χ1n) is 15.0. The van der Waals surface area contributed by atoms with Crippen LogP contribution in [0.25, 0.3) is 17.1 Å². The second kappa shape index (κ2) is 13.0. The molecule has 1 N–H and O–H groups in total. The van der Waals surface area contributed by atoms with Crippen LogP contribution in [-0.4, -0.2) is 63.7 Å². The molecule has 0 radical (unpaired) electrons. The molecular formula is C34H38N4O5. The molecule has 43 heavy (non-hydrogen) atoms. The van der Waals surface area contributed by atoms with Crippen LogP contribution >= 0.6 is 0 Å². The number of aromatic nitrogens is 3. The first-order chi connectivity index (χ1) is 21.0. The van der Waals surface area contributed by atoms with Crippen molar-refractivity contribution in [3.8, 4) is 28.7 Å². The van der Waals surface area contributed by atoms with Gasteiger partial charge < -0.3 is 19.3 Å². The van der Waals surface area contributed by atoms with E-state index in [1.807, 2.05) is 37.3 Å². The standard InChI is InChI=1S/C34H38N4O5/c1-3-42-33-29(34(39)40)19-35-38(33)31-9-5-8-30(36-31)28-7-4-6-23(2)32(28)43-22-25-10-11-27-21-37(15-12-26(27)18-25)20-24-13-16-41-17-14-24/h4-11,18-19,24H,3,12-17,20-22H2,1-2H3,(H,39,40). The molecular weight excluding hydrogens is 544 g/mol. The van der Waals surface area contributed by atoms with E-state index < -0.39 is 5.97 Å². The Morgan fingerprint density at radius 1 is 1.07 bits per heavy atom. The van der Waals surface area contributed by atoms with E-state index in [2.05, 4.69) is 28.2 Å². The summed E-state index contributed by atoms with van der Waals surface area (Å²) in [4.78, 5) is 19.1. The minimum Gasteiger partial charge on any atom is -0.488 e. The minimum absolute atomic E-state index is 0.00860. The number of nitrogens with zero attached hydrogens (tertiary/aromatic N) is 4. The summed E-state index contributed by atoms with van der Waals surface area (Å²) >= 11 is 0. The van der Waals surface area contributed by atoms with Gasteiger partial charge in [0.2, 0.25) is 5.88 Å². The summed E-state index contributed by atoms with van der Waals surface area (Å²) < 4.78 is 19.1.